The van der Waals surface area contributed by atoms with Gasteiger partial charge in [-0.25, -0.2) is 0 Å². The Kier molecular flexibility index (Phi) is 6.56. The van der Waals surface area contributed by atoms with Gasteiger partial charge in [-0.2, -0.15) is 0 Å². The molecule has 0 saturated heterocycles. The standard InChI is InChI=1S/C16H24BrNO/c1-5-7-13(8-6-2)16(19)18-15-12(4)9-11(3)10-14(15)17/h9-10,13H,5-8H2,1-4H3,(H,18,19). The van der Waals surface area contributed by atoms with E-state index in [0.717, 1.165) is 41.4 Å². The molecule has 1 N–H and O–H groups in total. The summed E-state index contributed by atoms with van der Waals surface area (Å²) in [6, 6.07) is 4.13. The molecular formula is C16H24BrNO. The summed E-state index contributed by atoms with van der Waals surface area (Å²) in [6.07, 6.45) is 4.02. The second-order valence-electron chi connectivity index (χ2n) is 5.20. The maximum Gasteiger partial charge on any atom is 0.227 e. The molecule has 0 aliphatic carbocycles. The lowest BCUT2D eigenvalue weighted by Gasteiger charge is -2.17. The van der Waals surface area contributed by atoms with Crippen molar-refractivity contribution >= 4 is 27.5 Å². The quantitative estimate of drug-likeness (QED) is 0.763. The van der Waals surface area contributed by atoms with Gasteiger partial charge in [-0.1, -0.05) is 32.8 Å². The Morgan fingerprint density at radius 1 is 1.21 bits per heavy atom. The summed E-state index contributed by atoms with van der Waals surface area (Å²) in [5.41, 5.74) is 3.21. The van der Waals surface area contributed by atoms with Gasteiger partial charge in [0, 0.05) is 10.4 Å². The van der Waals surface area contributed by atoms with Crippen molar-refractivity contribution in [3.8, 4) is 0 Å². The van der Waals surface area contributed by atoms with Crippen molar-refractivity contribution in [3.63, 3.8) is 0 Å². The van der Waals surface area contributed by atoms with Crippen LogP contribution in [0.5, 0.6) is 0 Å². The lowest BCUT2D eigenvalue weighted by Crippen LogP contribution is -2.23. The molecule has 1 rings (SSSR count). The molecule has 0 bridgehead atoms. The molecule has 2 nitrogen and oxygen atoms in total. The number of hydrogen-bond donors (Lipinski definition) is 1. The number of hydrogen-bond acceptors (Lipinski definition) is 1. The fourth-order valence-electron chi connectivity index (χ4n) is 2.40. The van der Waals surface area contributed by atoms with Gasteiger partial charge in [0.25, 0.3) is 0 Å². The minimum atomic E-state index is 0.127. The van der Waals surface area contributed by atoms with Crippen LogP contribution in [0.25, 0.3) is 0 Å². The molecule has 106 valence electrons. The van der Waals surface area contributed by atoms with Gasteiger partial charge in [-0.3, -0.25) is 4.79 Å². The highest BCUT2D eigenvalue weighted by atomic mass is 79.9. The van der Waals surface area contributed by atoms with Crippen LogP contribution in [0.15, 0.2) is 16.6 Å². The fourth-order valence-corrected chi connectivity index (χ4v) is 3.18. The molecule has 0 saturated carbocycles. The SMILES string of the molecule is CCCC(CCC)C(=O)Nc1c(C)cc(C)cc1Br. The summed E-state index contributed by atoms with van der Waals surface area (Å²) in [4.78, 5) is 12.3. The lowest BCUT2D eigenvalue weighted by molar-refractivity contribution is -0.120. The monoisotopic (exact) mass is 325 g/mol. The zero-order valence-electron chi connectivity index (χ0n) is 12.3. The molecule has 0 aliphatic heterocycles. The van der Waals surface area contributed by atoms with Crippen LogP contribution < -0.4 is 5.32 Å². The number of nitrogens with one attached hydrogen (secondary N) is 1. The number of halogens is 1. The molecule has 3 heteroatoms. The van der Waals surface area contributed by atoms with E-state index in [0.29, 0.717) is 0 Å². The van der Waals surface area contributed by atoms with E-state index in [1.165, 1.54) is 5.56 Å². The van der Waals surface area contributed by atoms with Gasteiger partial charge in [0.15, 0.2) is 0 Å². The number of anilines is 1. The highest BCUT2D eigenvalue weighted by molar-refractivity contribution is 9.10. The second kappa shape index (κ2) is 7.68. The Morgan fingerprint density at radius 2 is 1.79 bits per heavy atom. The van der Waals surface area contributed by atoms with Crippen LogP contribution in [0, 0.1) is 19.8 Å². The third kappa shape index (κ3) is 4.64. The normalized spacial score (nSPS) is 10.8. The van der Waals surface area contributed by atoms with Gasteiger partial charge in [-0.05, 0) is 59.8 Å². The first-order valence-corrected chi connectivity index (χ1v) is 7.86. The van der Waals surface area contributed by atoms with Crippen LogP contribution in [0.1, 0.15) is 50.7 Å². The summed E-state index contributed by atoms with van der Waals surface area (Å²) in [6.45, 7) is 8.34. The predicted molar refractivity (Wildman–Crippen MR) is 85.6 cm³/mol. The van der Waals surface area contributed by atoms with E-state index in [4.69, 9.17) is 0 Å². The van der Waals surface area contributed by atoms with Crippen molar-refractivity contribution in [2.45, 2.75) is 53.4 Å². The van der Waals surface area contributed by atoms with E-state index in [2.05, 4.69) is 48.1 Å². The summed E-state index contributed by atoms with van der Waals surface area (Å²) in [5.74, 6) is 0.277. The van der Waals surface area contributed by atoms with Crippen LogP contribution in [0.2, 0.25) is 0 Å². The minimum Gasteiger partial charge on any atom is -0.325 e. The summed E-state index contributed by atoms with van der Waals surface area (Å²) in [5, 5.41) is 3.09. The molecule has 0 radical (unpaired) electrons. The van der Waals surface area contributed by atoms with Crippen molar-refractivity contribution in [1.82, 2.24) is 0 Å². The van der Waals surface area contributed by atoms with Crippen LogP contribution in [-0.2, 0) is 4.79 Å². The smallest absolute Gasteiger partial charge is 0.227 e. The molecule has 19 heavy (non-hydrogen) atoms. The highest BCUT2D eigenvalue weighted by Crippen LogP contribution is 2.29. The Labute approximate surface area is 125 Å². The van der Waals surface area contributed by atoms with Gasteiger partial charge in [0.05, 0.1) is 5.69 Å². The topological polar surface area (TPSA) is 29.1 Å². The van der Waals surface area contributed by atoms with Crippen LogP contribution in [-0.4, -0.2) is 5.91 Å². The van der Waals surface area contributed by atoms with Crippen molar-refractivity contribution in [2.24, 2.45) is 5.92 Å². The Bertz CT molecular complexity index is 413. The van der Waals surface area contributed by atoms with E-state index in [9.17, 15) is 4.79 Å². The lowest BCUT2D eigenvalue weighted by atomic mass is 9.97. The third-order valence-corrected chi connectivity index (χ3v) is 3.95. The van der Waals surface area contributed by atoms with Crippen molar-refractivity contribution in [1.29, 1.82) is 0 Å². The van der Waals surface area contributed by atoms with Gasteiger partial charge < -0.3 is 5.32 Å². The maximum absolute atomic E-state index is 12.3. The first-order valence-electron chi connectivity index (χ1n) is 7.07. The zero-order valence-corrected chi connectivity index (χ0v) is 13.9. The van der Waals surface area contributed by atoms with Crippen molar-refractivity contribution < 1.29 is 4.79 Å². The van der Waals surface area contributed by atoms with E-state index >= 15 is 0 Å². The molecule has 0 fully saturated rings. The molecule has 0 spiro atoms. The number of amides is 1. The highest BCUT2D eigenvalue weighted by Gasteiger charge is 2.18. The number of carbonyl (C=O) groups is 1. The minimum absolute atomic E-state index is 0.127. The Balaban J connectivity index is 2.86. The average Bonchev–Trinajstić information content (AvgIpc) is 2.33. The number of aryl methyl sites for hydroxylation is 2. The molecular weight excluding hydrogens is 302 g/mol. The van der Waals surface area contributed by atoms with Crippen LogP contribution in [0.3, 0.4) is 0 Å². The molecule has 1 aromatic carbocycles. The number of benzene rings is 1. The van der Waals surface area contributed by atoms with Crippen LogP contribution in [0.4, 0.5) is 5.69 Å². The molecule has 0 heterocycles. The number of carbonyl (C=O) groups excluding carboxylic acids is 1. The predicted octanol–water partition coefficient (Wildman–Crippen LogP) is 5.22. The van der Waals surface area contributed by atoms with E-state index < -0.39 is 0 Å². The molecule has 1 aromatic rings. The molecule has 0 aliphatic rings. The Hall–Kier alpha value is -0.830. The second-order valence-corrected chi connectivity index (χ2v) is 6.06. The zero-order chi connectivity index (χ0) is 14.4. The largest absolute Gasteiger partial charge is 0.325 e. The fraction of sp³-hybridized carbons (Fsp3) is 0.562. The molecule has 0 atom stereocenters. The third-order valence-electron chi connectivity index (χ3n) is 3.33. The van der Waals surface area contributed by atoms with Crippen LogP contribution >= 0.6 is 15.9 Å². The van der Waals surface area contributed by atoms with Crippen molar-refractivity contribution in [2.75, 3.05) is 5.32 Å². The van der Waals surface area contributed by atoms with Gasteiger partial charge in [0.1, 0.15) is 0 Å². The van der Waals surface area contributed by atoms with Gasteiger partial charge in [-0.15, -0.1) is 0 Å². The number of rotatable bonds is 6. The van der Waals surface area contributed by atoms with E-state index in [-0.39, 0.29) is 11.8 Å². The van der Waals surface area contributed by atoms with E-state index in [1.807, 2.05) is 13.0 Å². The first kappa shape index (κ1) is 16.2. The Morgan fingerprint density at radius 3 is 2.26 bits per heavy atom. The van der Waals surface area contributed by atoms with E-state index in [1.54, 1.807) is 0 Å². The first-order chi connectivity index (χ1) is 8.99. The summed E-state index contributed by atoms with van der Waals surface area (Å²) < 4.78 is 0.963. The summed E-state index contributed by atoms with van der Waals surface area (Å²) >= 11 is 3.54. The van der Waals surface area contributed by atoms with Crippen molar-refractivity contribution in [3.05, 3.63) is 27.7 Å². The molecule has 0 unspecified atom stereocenters. The summed E-state index contributed by atoms with van der Waals surface area (Å²) in [7, 11) is 0. The maximum atomic E-state index is 12.3. The molecule has 1 amide bonds. The van der Waals surface area contributed by atoms with Gasteiger partial charge in [0.2, 0.25) is 5.91 Å². The average molecular weight is 326 g/mol. The molecule has 0 aromatic heterocycles. The van der Waals surface area contributed by atoms with Gasteiger partial charge >= 0.3 is 0 Å².